The Morgan fingerprint density at radius 2 is 1.29 bits per heavy atom. The highest BCUT2D eigenvalue weighted by Gasteiger charge is 2.52. The highest BCUT2D eigenvalue weighted by atomic mass is 32.2. The Hall–Kier alpha value is -1.39. The second-order valence-electron chi connectivity index (χ2n) is 13.3. The smallest absolute Gasteiger partial charge is 0.297 e. The molecule has 282 valence electrons. The monoisotopic (exact) mass is 719 g/mol. The molecule has 2 heterocycles. The number of aliphatic hydroxyl groups excluding tert-OH is 4. The van der Waals surface area contributed by atoms with Gasteiger partial charge in [0.05, 0.1) is 35.8 Å². The van der Waals surface area contributed by atoms with E-state index in [1.807, 2.05) is 6.92 Å². The van der Waals surface area contributed by atoms with Crippen LogP contribution in [0.5, 0.6) is 0 Å². The fraction of sp³-hybridized carbons (Fsp3) is 0.812. The number of aryl methyl sites for hydroxylation is 3. The van der Waals surface area contributed by atoms with Crippen LogP contribution in [0.25, 0.3) is 0 Å². The number of likely N-dealkylation sites (N-methyl/N-ethyl adjacent to an activating group) is 5. The fourth-order valence-electron chi connectivity index (χ4n) is 7.38. The molecule has 3 fully saturated rings. The molecule has 2 aliphatic heterocycles. The topological polar surface area (TPSA) is 221 Å². The lowest BCUT2D eigenvalue weighted by Crippen LogP contribution is -2.69. The van der Waals surface area contributed by atoms with E-state index < -0.39 is 90.2 Å². The maximum Gasteiger partial charge on any atom is 0.297 e. The van der Waals surface area contributed by atoms with Crippen molar-refractivity contribution in [1.29, 1.82) is 0 Å². The van der Waals surface area contributed by atoms with E-state index in [0.717, 1.165) is 5.56 Å². The van der Waals surface area contributed by atoms with Gasteiger partial charge < -0.3 is 66.0 Å². The van der Waals surface area contributed by atoms with Gasteiger partial charge in [0.1, 0.15) is 36.6 Å². The zero-order valence-corrected chi connectivity index (χ0v) is 30.4. The van der Waals surface area contributed by atoms with Crippen molar-refractivity contribution in [3.8, 4) is 0 Å². The maximum absolute atomic E-state index is 13.3. The molecule has 4 rings (SSSR count). The van der Waals surface area contributed by atoms with E-state index in [9.17, 15) is 28.8 Å². The Morgan fingerprint density at radius 3 is 1.82 bits per heavy atom. The van der Waals surface area contributed by atoms with Crippen molar-refractivity contribution in [3.05, 3.63) is 28.8 Å². The second kappa shape index (κ2) is 17.4. The normalized spacial score (nSPS) is 38.9. The molecule has 17 heteroatoms. The van der Waals surface area contributed by atoms with Crippen molar-refractivity contribution in [2.45, 2.75) is 124 Å². The van der Waals surface area contributed by atoms with Crippen molar-refractivity contribution in [3.63, 3.8) is 0 Å². The van der Waals surface area contributed by atoms with Gasteiger partial charge in [-0.3, -0.25) is 4.18 Å². The molecular weight excluding hydrogens is 662 g/mol. The summed E-state index contributed by atoms with van der Waals surface area (Å²) >= 11 is 0. The third kappa shape index (κ3) is 8.98. The van der Waals surface area contributed by atoms with Gasteiger partial charge in [-0.2, -0.15) is 8.42 Å². The quantitative estimate of drug-likeness (QED) is 0.0897. The molecule has 0 amide bonds. The highest BCUT2D eigenvalue weighted by Crippen LogP contribution is 2.33. The van der Waals surface area contributed by atoms with Crippen LogP contribution in [0.15, 0.2) is 17.0 Å². The first-order valence-corrected chi connectivity index (χ1v) is 18.3. The van der Waals surface area contributed by atoms with Crippen LogP contribution in [-0.2, 0) is 33.2 Å². The summed E-state index contributed by atoms with van der Waals surface area (Å²) in [6, 6.07) is 1.38. The fourth-order valence-corrected chi connectivity index (χ4v) is 8.72. The standard InChI is InChI=1S/C32H57N5O11S/c1-15-9-16(2)30(17(3)10-15)49(42,43)44-14-23-25(39)24(37-8)26(40)32(46-23)48-29-19(35-6)11-18(34-5)28(27(29)41)47-31-20(36-7)12-21(38)22(45-31)13-33-4/h9-10,18-29,31-41H,11-14H2,1-8H3. The van der Waals surface area contributed by atoms with Gasteiger partial charge in [-0.15, -0.1) is 0 Å². The minimum atomic E-state index is -4.24. The zero-order chi connectivity index (χ0) is 36.2. The number of benzene rings is 1. The Kier molecular flexibility index (Phi) is 14.4. The summed E-state index contributed by atoms with van der Waals surface area (Å²) in [4.78, 5) is 0.0444. The zero-order valence-electron chi connectivity index (χ0n) is 29.6. The second-order valence-corrected chi connectivity index (χ2v) is 14.9. The first kappa shape index (κ1) is 40.4. The molecule has 1 aromatic carbocycles. The summed E-state index contributed by atoms with van der Waals surface area (Å²) in [6.45, 7) is 5.09. The van der Waals surface area contributed by atoms with Gasteiger partial charge in [-0.05, 0) is 80.0 Å². The molecule has 0 spiro atoms. The summed E-state index contributed by atoms with van der Waals surface area (Å²) in [7, 11) is 4.30. The number of hydrogen-bond donors (Lipinski definition) is 9. The molecule has 3 aliphatic rings. The Balaban J connectivity index is 1.54. The molecule has 0 bridgehead atoms. The minimum Gasteiger partial charge on any atom is -0.390 e. The Morgan fingerprint density at radius 1 is 0.735 bits per heavy atom. The maximum atomic E-state index is 13.3. The average Bonchev–Trinajstić information content (AvgIpc) is 3.04. The average molecular weight is 720 g/mol. The molecule has 2 saturated heterocycles. The van der Waals surface area contributed by atoms with Gasteiger partial charge in [-0.25, -0.2) is 0 Å². The van der Waals surface area contributed by atoms with Crippen LogP contribution in [-0.4, -0.2) is 163 Å². The summed E-state index contributed by atoms with van der Waals surface area (Å²) in [6.07, 6.45) is -9.71. The predicted molar refractivity (Wildman–Crippen MR) is 179 cm³/mol. The van der Waals surface area contributed by atoms with E-state index >= 15 is 0 Å². The molecule has 9 N–H and O–H groups in total. The summed E-state index contributed by atoms with van der Waals surface area (Å²) in [5.74, 6) is 0. The van der Waals surface area contributed by atoms with Gasteiger partial charge in [0.15, 0.2) is 12.6 Å². The third-order valence-corrected chi connectivity index (χ3v) is 11.5. The summed E-state index contributed by atoms with van der Waals surface area (Å²) in [5.41, 5.74) is 1.97. The molecule has 1 aromatic rings. The predicted octanol–water partition coefficient (Wildman–Crippen LogP) is -2.65. The van der Waals surface area contributed by atoms with Gasteiger partial charge in [0.25, 0.3) is 10.1 Å². The highest BCUT2D eigenvalue weighted by molar-refractivity contribution is 7.86. The molecule has 0 aromatic heterocycles. The number of nitrogens with one attached hydrogen (secondary N) is 5. The van der Waals surface area contributed by atoms with Gasteiger partial charge in [-0.1, -0.05) is 17.7 Å². The largest absolute Gasteiger partial charge is 0.390 e. The van der Waals surface area contributed by atoms with Crippen molar-refractivity contribution < 1.29 is 52.0 Å². The van der Waals surface area contributed by atoms with Crippen LogP contribution in [0.4, 0.5) is 0 Å². The van der Waals surface area contributed by atoms with Crippen molar-refractivity contribution >= 4 is 10.1 Å². The van der Waals surface area contributed by atoms with Gasteiger partial charge in [0.2, 0.25) is 0 Å². The molecule has 49 heavy (non-hydrogen) atoms. The van der Waals surface area contributed by atoms with Crippen LogP contribution in [0.1, 0.15) is 29.5 Å². The molecular formula is C32H57N5O11S. The van der Waals surface area contributed by atoms with Crippen LogP contribution in [0.3, 0.4) is 0 Å². The van der Waals surface area contributed by atoms with Crippen molar-refractivity contribution in [1.82, 2.24) is 26.6 Å². The molecule has 1 aliphatic carbocycles. The van der Waals surface area contributed by atoms with Gasteiger partial charge in [0, 0.05) is 18.6 Å². The molecule has 0 radical (unpaired) electrons. The van der Waals surface area contributed by atoms with Crippen LogP contribution in [0.2, 0.25) is 0 Å². The van der Waals surface area contributed by atoms with E-state index in [1.54, 1.807) is 61.2 Å². The third-order valence-electron chi connectivity index (χ3n) is 9.92. The van der Waals surface area contributed by atoms with Crippen molar-refractivity contribution in [2.75, 3.05) is 48.4 Å². The van der Waals surface area contributed by atoms with Crippen LogP contribution in [0, 0.1) is 20.8 Å². The lowest BCUT2D eigenvalue weighted by molar-refractivity contribution is -0.318. The minimum absolute atomic E-state index is 0.0444. The van der Waals surface area contributed by atoms with E-state index in [0.29, 0.717) is 30.5 Å². The Bertz CT molecular complexity index is 1310. The molecule has 16 nitrogen and oxygen atoms in total. The number of aliphatic hydroxyl groups is 4. The molecule has 14 unspecified atom stereocenters. The summed E-state index contributed by atoms with van der Waals surface area (Å²) in [5, 5.41) is 60.2. The first-order valence-electron chi connectivity index (χ1n) is 16.9. The number of rotatable bonds is 14. The van der Waals surface area contributed by atoms with E-state index in [4.69, 9.17) is 23.1 Å². The summed E-state index contributed by atoms with van der Waals surface area (Å²) < 4.78 is 57.0. The first-order chi connectivity index (χ1) is 23.2. The van der Waals surface area contributed by atoms with Crippen LogP contribution < -0.4 is 26.6 Å². The lowest BCUT2D eigenvalue weighted by Gasteiger charge is -2.49. The number of ether oxygens (including phenoxy) is 4. The van der Waals surface area contributed by atoms with E-state index in [-0.39, 0.29) is 17.0 Å². The molecule has 14 atom stereocenters. The van der Waals surface area contributed by atoms with E-state index in [1.165, 1.54) is 0 Å². The number of hydrogen-bond acceptors (Lipinski definition) is 16. The van der Waals surface area contributed by atoms with Gasteiger partial charge >= 0.3 is 0 Å². The van der Waals surface area contributed by atoms with Crippen LogP contribution >= 0.6 is 0 Å². The Labute approximate surface area is 289 Å². The van der Waals surface area contributed by atoms with E-state index in [2.05, 4.69) is 26.6 Å². The molecule has 1 saturated carbocycles. The SMILES string of the molecule is CNCC1OC(OC2C(NC)CC(NC)C(OC3OC(COS(=O)(=O)c4c(C)cc(C)cc4C)C(O)C(NC)C3O)C2O)C(NC)CC1O. The lowest BCUT2D eigenvalue weighted by atomic mass is 9.83. The van der Waals surface area contributed by atoms with Crippen molar-refractivity contribution in [2.24, 2.45) is 0 Å².